The van der Waals surface area contributed by atoms with Crippen molar-refractivity contribution >= 4 is 21.4 Å². The van der Waals surface area contributed by atoms with E-state index in [9.17, 15) is 4.39 Å². The number of ether oxygens (including phenoxy) is 1. The van der Waals surface area contributed by atoms with Gasteiger partial charge in [-0.1, -0.05) is 0 Å². The molecule has 80 valence electrons. The van der Waals surface area contributed by atoms with Gasteiger partial charge in [0.1, 0.15) is 5.82 Å². The van der Waals surface area contributed by atoms with Gasteiger partial charge in [0.05, 0.1) is 12.7 Å². The van der Waals surface area contributed by atoms with E-state index < -0.39 is 0 Å². The van der Waals surface area contributed by atoms with E-state index >= 15 is 0 Å². The first-order valence-corrected chi connectivity index (χ1v) is 5.82. The Morgan fingerprint density at radius 1 is 1.40 bits per heavy atom. The van der Waals surface area contributed by atoms with Gasteiger partial charge in [0.2, 0.25) is 0 Å². The number of thiophene rings is 1. The fraction of sp³-hybridized carbons (Fsp3) is 0.333. The molecule has 0 atom stereocenters. The molecule has 3 heteroatoms. The number of hydrogen-bond acceptors (Lipinski definition) is 2. The third-order valence-corrected chi connectivity index (χ3v) is 3.20. The molecule has 0 aliphatic heterocycles. The zero-order valence-corrected chi connectivity index (χ0v) is 9.60. The lowest BCUT2D eigenvalue weighted by atomic mass is 10.2. The number of benzene rings is 1. The number of fused-ring (bicyclic) bond motifs is 1. The van der Waals surface area contributed by atoms with Gasteiger partial charge in [0.15, 0.2) is 0 Å². The second kappa shape index (κ2) is 4.29. The second-order valence-electron chi connectivity index (χ2n) is 3.76. The number of hydrogen-bond donors (Lipinski definition) is 0. The van der Waals surface area contributed by atoms with E-state index in [2.05, 4.69) is 0 Å². The average Bonchev–Trinajstić information content (AvgIpc) is 2.57. The molecule has 1 aromatic carbocycles. The molecular weight excluding hydrogens is 211 g/mol. The minimum atomic E-state index is -0.188. The van der Waals surface area contributed by atoms with Crippen molar-refractivity contribution in [1.82, 2.24) is 0 Å². The van der Waals surface area contributed by atoms with Gasteiger partial charge in [0, 0.05) is 10.1 Å². The van der Waals surface area contributed by atoms with Crippen molar-refractivity contribution in [3.05, 3.63) is 35.0 Å². The summed E-state index contributed by atoms with van der Waals surface area (Å²) in [5, 5.41) is 3.01. The SMILES string of the molecule is CC(C)OCc1csc2ccc(F)cc12. The van der Waals surface area contributed by atoms with Crippen molar-refractivity contribution in [2.45, 2.75) is 26.6 Å². The maximum Gasteiger partial charge on any atom is 0.123 e. The van der Waals surface area contributed by atoms with Crippen molar-refractivity contribution in [2.75, 3.05) is 0 Å². The molecule has 0 radical (unpaired) electrons. The fourth-order valence-electron chi connectivity index (χ4n) is 1.42. The predicted octanol–water partition coefficient (Wildman–Crippen LogP) is 3.97. The summed E-state index contributed by atoms with van der Waals surface area (Å²) < 4.78 is 19.7. The van der Waals surface area contributed by atoms with Gasteiger partial charge in [-0.15, -0.1) is 11.3 Å². The maximum absolute atomic E-state index is 13.1. The molecule has 1 heterocycles. The van der Waals surface area contributed by atoms with Crippen LogP contribution in [0, 0.1) is 5.82 Å². The highest BCUT2D eigenvalue weighted by molar-refractivity contribution is 7.17. The van der Waals surface area contributed by atoms with Crippen LogP contribution in [0.25, 0.3) is 10.1 Å². The molecule has 0 N–H and O–H groups in total. The van der Waals surface area contributed by atoms with E-state index in [4.69, 9.17) is 4.74 Å². The summed E-state index contributed by atoms with van der Waals surface area (Å²) in [5.41, 5.74) is 1.07. The highest BCUT2D eigenvalue weighted by Crippen LogP contribution is 2.27. The Bertz CT molecular complexity index is 462. The van der Waals surface area contributed by atoms with Gasteiger partial charge < -0.3 is 4.74 Å². The molecule has 0 spiro atoms. The van der Waals surface area contributed by atoms with Gasteiger partial charge in [-0.25, -0.2) is 4.39 Å². The molecule has 0 saturated heterocycles. The zero-order chi connectivity index (χ0) is 10.8. The molecule has 2 aromatic rings. The first-order chi connectivity index (χ1) is 7.16. The van der Waals surface area contributed by atoms with E-state index in [0.29, 0.717) is 6.61 Å². The average molecular weight is 224 g/mol. The Labute approximate surface area is 92.5 Å². The summed E-state index contributed by atoms with van der Waals surface area (Å²) in [4.78, 5) is 0. The van der Waals surface area contributed by atoms with Crippen molar-refractivity contribution in [2.24, 2.45) is 0 Å². The van der Waals surface area contributed by atoms with E-state index in [1.165, 1.54) is 6.07 Å². The van der Waals surface area contributed by atoms with Gasteiger partial charge in [0.25, 0.3) is 0 Å². The summed E-state index contributed by atoms with van der Waals surface area (Å²) in [6.45, 7) is 4.55. The molecule has 0 unspecified atom stereocenters. The number of rotatable bonds is 3. The predicted molar refractivity (Wildman–Crippen MR) is 61.7 cm³/mol. The number of halogens is 1. The molecule has 2 rings (SSSR count). The van der Waals surface area contributed by atoms with E-state index in [0.717, 1.165) is 15.6 Å². The topological polar surface area (TPSA) is 9.23 Å². The highest BCUT2D eigenvalue weighted by Gasteiger charge is 2.05. The molecular formula is C12H13FOS. The normalized spacial score (nSPS) is 11.5. The molecule has 0 saturated carbocycles. The minimum Gasteiger partial charge on any atom is -0.374 e. The van der Waals surface area contributed by atoms with Crippen LogP contribution < -0.4 is 0 Å². The van der Waals surface area contributed by atoms with Gasteiger partial charge >= 0.3 is 0 Å². The smallest absolute Gasteiger partial charge is 0.123 e. The van der Waals surface area contributed by atoms with Crippen LogP contribution in [-0.4, -0.2) is 6.10 Å². The van der Waals surface area contributed by atoms with Crippen molar-refractivity contribution in [3.63, 3.8) is 0 Å². The Morgan fingerprint density at radius 2 is 2.20 bits per heavy atom. The zero-order valence-electron chi connectivity index (χ0n) is 8.79. The van der Waals surface area contributed by atoms with E-state index in [1.54, 1.807) is 17.4 Å². The van der Waals surface area contributed by atoms with Crippen LogP contribution in [0.3, 0.4) is 0 Å². The standard InChI is InChI=1S/C12H13FOS/c1-8(2)14-6-9-7-15-12-4-3-10(13)5-11(9)12/h3-5,7-8H,6H2,1-2H3. The summed E-state index contributed by atoms with van der Waals surface area (Å²) in [6, 6.07) is 4.88. The minimum absolute atomic E-state index is 0.188. The largest absolute Gasteiger partial charge is 0.374 e. The monoisotopic (exact) mass is 224 g/mol. The first-order valence-electron chi connectivity index (χ1n) is 4.94. The molecule has 1 aromatic heterocycles. The summed E-state index contributed by atoms with van der Waals surface area (Å²) in [5.74, 6) is -0.188. The molecule has 1 nitrogen and oxygen atoms in total. The Balaban J connectivity index is 2.31. The maximum atomic E-state index is 13.1. The van der Waals surface area contributed by atoms with Crippen molar-refractivity contribution < 1.29 is 9.13 Å². The molecule has 0 amide bonds. The van der Waals surface area contributed by atoms with E-state index in [-0.39, 0.29) is 11.9 Å². The summed E-state index contributed by atoms with van der Waals surface area (Å²) in [7, 11) is 0. The van der Waals surface area contributed by atoms with Crippen LogP contribution >= 0.6 is 11.3 Å². The molecule has 0 bridgehead atoms. The summed E-state index contributed by atoms with van der Waals surface area (Å²) in [6.07, 6.45) is 0.202. The molecule has 0 aliphatic carbocycles. The van der Waals surface area contributed by atoms with Crippen LogP contribution in [0.5, 0.6) is 0 Å². The Hall–Kier alpha value is -0.930. The first kappa shape index (κ1) is 10.6. The van der Waals surface area contributed by atoms with E-state index in [1.807, 2.05) is 25.3 Å². The lowest BCUT2D eigenvalue weighted by Crippen LogP contribution is -2.01. The Morgan fingerprint density at radius 3 is 2.93 bits per heavy atom. The third-order valence-electron chi connectivity index (χ3n) is 2.19. The van der Waals surface area contributed by atoms with Crippen molar-refractivity contribution in [1.29, 1.82) is 0 Å². The van der Waals surface area contributed by atoms with Crippen LogP contribution in [0.2, 0.25) is 0 Å². The van der Waals surface area contributed by atoms with Gasteiger partial charge in [-0.3, -0.25) is 0 Å². The van der Waals surface area contributed by atoms with Crippen LogP contribution in [0.4, 0.5) is 4.39 Å². The van der Waals surface area contributed by atoms with Crippen LogP contribution in [-0.2, 0) is 11.3 Å². The second-order valence-corrected chi connectivity index (χ2v) is 4.67. The quantitative estimate of drug-likeness (QED) is 0.766. The molecule has 0 aliphatic rings. The van der Waals surface area contributed by atoms with Crippen LogP contribution in [0.15, 0.2) is 23.6 Å². The highest BCUT2D eigenvalue weighted by atomic mass is 32.1. The van der Waals surface area contributed by atoms with Crippen LogP contribution in [0.1, 0.15) is 19.4 Å². The molecule has 15 heavy (non-hydrogen) atoms. The van der Waals surface area contributed by atoms with Gasteiger partial charge in [-0.2, -0.15) is 0 Å². The molecule has 0 fully saturated rings. The lowest BCUT2D eigenvalue weighted by molar-refractivity contribution is 0.0666. The van der Waals surface area contributed by atoms with Gasteiger partial charge in [-0.05, 0) is 43.0 Å². The Kier molecular flexibility index (Phi) is 3.03. The van der Waals surface area contributed by atoms with Crippen molar-refractivity contribution in [3.8, 4) is 0 Å². The summed E-state index contributed by atoms with van der Waals surface area (Å²) >= 11 is 1.63. The third kappa shape index (κ3) is 2.36. The lowest BCUT2D eigenvalue weighted by Gasteiger charge is -2.06. The fourth-order valence-corrected chi connectivity index (χ4v) is 2.35.